The van der Waals surface area contributed by atoms with E-state index in [4.69, 9.17) is 9.47 Å². The number of carbonyl (C=O) groups excluding carboxylic acids is 1. The SMILES string of the molecule is COc1cc(C(=O)Nc2ccc3c(c2)CC(NS(C)=O)C3)c(C2=CCC(C(F)(F)F)C=C2)cc1OC. The zero-order valence-corrected chi connectivity index (χ0v) is 20.9. The number of allylic oxidation sites excluding steroid dienone is 4. The molecule has 10 heteroatoms. The summed E-state index contributed by atoms with van der Waals surface area (Å²) < 4.78 is 64.6. The van der Waals surface area contributed by atoms with Crippen LogP contribution in [0.2, 0.25) is 0 Å². The number of methoxy groups -OCH3 is 2. The van der Waals surface area contributed by atoms with Crippen molar-refractivity contribution in [3.05, 3.63) is 70.8 Å². The Morgan fingerprint density at radius 2 is 1.75 bits per heavy atom. The van der Waals surface area contributed by atoms with Crippen LogP contribution >= 0.6 is 0 Å². The van der Waals surface area contributed by atoms with Crippen LogP contribution in [0, 0.1) is 5.92 Å². The standard InChI is InChI=1S/C26H27F3N2O4S/c1-34-23-13-21(15-4-7-18(8-5-15)26(27,28)29)22(14-24(23)35-2)25(32)30-19-9-6-16-10-20(31-36(3)33)12-17(16)11-19/h4-7,9,11,13-14,18,20,31H,8,10,12H2,1-3H3,(H,30,32). The number of benzene rings is 2. The summed E-state index contributed by atoms with van der Waals surface area (Å²) in [6.07, 6.45) is 2.48. The second-order valence-corrected chi connectivity index (χ2v) is 9.91. The maximum Gasteiger partial charge on any atom is 0.395 e. The minimum Gasteiger partial charge on any atom is -0.493 e. The van der Waals surface area contributed by atoms with Gasteiger partial charge in [0.1, 0.15) is 0 Å². The summed E-state index contributed by atoms with van der Waals surface area (Å²) in [5, 5.41) is 2.90. The normalized spacial score (nSPS) is 19.9. The predicted molar refractivity (Wildman–Crippen MR) is 134 cm³/mol. The average molecular weight is 521 g/mol. The van der Waals surface area contributed by atoms with Crippen molar-refractivity contribution >= 4 is 28.2 Å². The molecule has 1 amide bonds. The molecule has 0 radical (unpaired) electrons. The van der Waals surface area contributed by atoms with Gasteiger partial charge in [-0.2, -0.15) is 13.2 Å². The second kappa shape index (κ2) is 10.5. The van der Waals surface area contributed by atoms with Gasteiger partial charge in [0.05, 0.1) is 36.7 Å². The largest absolute Gasteiger partial charge is 0.493 e. The van der Waals surface area contributed by atoms with E-state index in [9.17, 15) is 22.2 Å². The lowest BCUT2D eigenvalue weighted by molar-refractivity contribution is -0.160. The number of amides is 1. The van der Waals surface area contributed by atoms with E-state index in [0.717, 1.165) is 23.6 Å². The first-order valence-corrected chi connectivity index (χ1v) is 12.9. The molecule has 0 heterocycles. The fourth-order valence-corrected chi connectivity index (χ4v) is 5.22. The van der Waals surface area contributed by atoms with Crippen molar-refractivity contribution in [2.75, 3.05) is 25.8 Å². The van der Waals surface area contributed by atoms with Crippen molar-refractivity contribution in [3.63, 3.8) is 0 Å². The summed E-state index contributed by atoms with van der Waals surface area (Å²) in [6.45, 7) is 0. The third kappa shape index (κ3) is 5.65. The van der Waals surface area contributed by atoms with Crippen LogP contribution in [0.5, 0.6) is 11.5 Å². The molecule has 0 aliphatic heterocycles. The Bertz CT molecular complexity index is 1260. The maximum absolute atomic E-state index is 13.4. The number of ether oxygens (including phenoxy) is 2. The molecule has 3 unspecified atom stereocenters. The molecule has 6 nitrogen and oxygen atoms in total. The fourth-order valence-electron chi connectivity index (χ4n) is 4.58. The molecule has 0 saturated carbocycles. The summed E-state index contributed by atoms with van der Waals surface area (Å²) in [7, 11) is 1.78. The molecule has 0 spiro atoms. The van der Waals surface area contributed by atoms with Crippen LogP contribution in [-0.4, -0.2) is 42.8 Å². The van der Waals surface area contributed by atoms with Crippen LogP contribution in [0.25, 0.3) is 5.57 Å². The molecule has 0 fully saturated rings. The quantitative estimate of drug-likeness (QED) is 0.549. The van der Waals surface area contributed by atoms with Crippen LogP contribution < -0.4 is 19.5 Å². The molecule has 4 rings (SSSR count). The van der Waals surface area contributed by atoms with Crippen molar-refractivity contribution < 1.29 is 31.6 Å². The Balaban J connectivity index is 1.62. The molecule has 2 N–H and O–H groups in total. The smallest absolute Gasteiger partial charge is 0.395 e. The summed E-state index contributed by atoms with van der Waals surface area (Å²) in [5.41, 5.74) is 3.95. The van der Waals surface area contributed by atoms with Gasteiger partial charge in [-0.3, -0.25) is 4.79 Å². The van der Waals surface area contributed by atoms with E-state index >= 15 is 0 Å². The highest BCUT2D eigenvalue weighted by Crippen LogP contribution is 2.39. The molecule has 2 aromatic carbocycles. The third-order valence-electron chi connectivity index (χ3n) is 6.33. The van der Waals surface area contributed by atoms with Gasteiger partial charge in [0.25, 0.3) is 5.91 Å². The summed E-state index contributed by atoms with van der Waals surface area (Å²) in [4.78, 5) is 13.4. The zero-order valence-electron chi connectivity index (χ0n) is 20.1. The molecule has 0 aromatic heterocycles. The van der Waals surface area contributed by atoms with Gasteiger partial charge in [-0.05, 0) is 65.8 Å². The zero-order chi connectivity index (χ0) is 26.0. The monoisotopic (exact) mass is 520 g/mol. The Kier molecular flexibility index (Phi) is 7.56. The topological polar surface area (TPSA) is 76.7 Å². The Morgan fingerprint density at radius 3 is 2.36 bits per heavy atom. The Hall–Kier alpha value is -3.11. The number of hydrogen-bond acceptors (Lipinski definition) is 4. The van der Waals surface area contributed by atoms with E-state index < -0.39 is 29.0 Å². The van der Waals surface area contributed by atoms with Crippen LogP contribution in [0.3, 0.4) is 0 Å². The summed E-state index contributed by atoms with van der Waals surface area (Å²) >= 11 is 0. The average Bonchev–Trinajstić information content (AvgIpc) is 3.23. The fraction of sp³-hybridized carbons (Fsp3) is 0.346. The van der Waals surface area contributed by atoms with Gasteiger partial charge in [0.15, 0.2) is 11.5 Å². The van der Waals surface area contributed by atoms with Crippen molar-refractivity contribution in [1.29, 1.82) is 0 Å². The van der Waals surface area contributed by atoms with Crippen molar-refractivity contribution in [3.8, 4) is 11.5 Å². The molecule has 192 valence electrons. The first-order valence-electron chi connectivity index (χ1n) is 11.3. The minimum absolute atomic E-state index is 0.0692. The molecule has 36 heavy (non-hydrogen) atoms. The van der Waals surface area contributed by atoms with Gasteiger partial charge in [0.2, 0.25) is 0 Å². The van der Waals surface area contributed by atoms with Gasteiger partial charge >= 0.3 is 6.18 Å². The van der Waals surface area contributed by atoms with Crippen molar-refractivity contribution in [2.45, 2.75) is 31.5 Å². The minimum atomic E-state index is -4.33. The van der Waals surface area contributed by atoms with E-state index in [1.54, 1.807) is 18.4 Å². The number of alkyl halides is 3. The molecular weight excluding hydrogens is 493 g/mol. The lowest BCUT2D eigenvalue weighted by atomic mass is 9.90. The predicted octanol–water partition coefficient (Wildman–Crippen LogP) is 4.83. The van der Waals surface area contributed by atoms with E-state index in [1.165, 1.54) is 32.4 Å². The maximum atomic E-state index is 13.4. The number of hydrogen-bond donors (Lipinski definition) is 2. The number of halogens is 3. The van der Waals surface area contributed by atoms with E-state index in [2.05, 4.69) is 10.0 Å². The highest BCUT2D eigenvalue weighted by atomic mass is 32.2. The van der Waals surface area contributed by atoms with Crippen LogP contribution in [-0.2, 0) is 23.8 Å². The molecule has 2 aromatic rings. The lowest BCUT2D eigenvalue weighted by Gasteiger charge is -2.21. The molecule has 2 aliphatic carbocycles. The molecule has 3 atom stereocenters. The Labute approximate surface area is 210 Å². The molecular formula is C26H27F3N2O4S. The van der Waals surface area contributed by atoms with E-state index in [-0.39, 0.29) is 18.0 Å². The molecule has 2 aliphatic rings. The van der Waals surface area contributed by atoms with Gasteiger partial charge < -0.3 is 14.8 Å². The summed E-state index contributed by atoms with van der Waals surface area (Å²) in [6, 6.07) is 8.82. The van der Waals surface area contributed by atoms with Crippen molar-refractivity contribution in [2.24, 2.45) is 5.92 Å². The van der Waals surface area contributed by atoms with E-state index in [1.807, 2.05) is 12.1 Å². The third-order valence-corrected chi connectivity index (χ3v) is 6.99. The van der Waals surface area contributed by atoms with Crippen molar-refractivity contribution in [1.82, 2.24) is 4.72 Å². The van der Waals surface area contributed by atoms with Gasteiger partial charge in [-0.25, -0.2) is 8.93 Å². The van der Waals surface area contributed by atoms with Crippen LogP contribution in [0.4, 0.5) is 18.9 Å². The van der Waals surface area contributed by atoms with Crippen LogP contribution in [0.15, 0.2) is 48.6 Å². The highest BCUT2D eigenvalue weighted by molar-refractivity contribution is 7.82. The molecule has 0 bridgehead atoms. The van der Waals surface area contributed by atoms with Gasteiger partial charge in [-0.1, -0.05) is 24.3 Å². The first kappa shape index (κ1) is 26.0. The van der Waals surface area contributed by atoms with Crippen LogP contribution in [0.1, 0.15) is 33.5 Å². The second-order valence-electron chi connectivity index (χ2n) is 8.77. The summed E-state index contributed by atoms with van der Waals surface area (Å²) in [5.74, 6) is -1.30. The number of carbonyl (C=O) groups is 1. The highest BCUT2D eigenvalue weighted by Gasteiger charge is 2.38. The van der Waals surface area contributed by atoms with Gasteiger partial charge in [0, 0.05) is 18.0 Å². The number of nitrogens with one attached hydrogen (secondary N) is 2. The lowest BCUT2D eigenvalue weighted by Crippen LogP contribution is -2.30. The number of rotatable bonds is 7. The first-order chi connectivity index (χ1) is 17.1. The van der Waals surface area contributed by atoms with Gasteiger partial charge in [-0.15, -0.1) is 0 Å². The number of anilines is 1. The molecule has 0 saturated heterocycles. The van der Waals surface area contributed by atoms with E-state index in [0.29, 0.717) is 34.7 Å². The Morgan fingerprint density at radius 1 is 1.06 bits per heavy atom. The number of fused-ring (bicyclic) bond motifs is 1.